The van der Waals surface area contributed by atoms with Crippen molar-refractivity contribution in [1.82, 2.24) is 5.32 Å². The Morgan fingerprint density at radius 2 is 2.04 bits per heavy atom. The summed E-state index contributed by atoms with van der Waals surface area (Å²) >= 11 is 1.91. The first-order valence-corrected chi connectivity index (χ1v) is 9.22. The van der Waals surface area contributed by atoms with E-state index in [-0.39, 0.29) is 12.1 Å². The molecule has 2 aliphatic carbocycles. The lowest BCUT2D eigenvalue weighted by molar-refractivity contribution is 0.136. The highest BCUT2D eigenvalue weighted by atomic mass is 32.1. The van der Waals surface area contributed by atoms with E-state index in [4.69, 9.17) is 9.84 Å². The number of benzene rings is 1. The van der Waals surface area contributed by atoms with Crippen LogP contribution < -0.4 is 10.1 Å². The molecule has 4 nitrogen and oxygen atoms in total. The summed E-state index contributed by atoms with van der Waals surface area (Å²) in [6.07, 6.45) is 6.45. The second-order valence-electron chi connectivity index (χ2n) is 6.53. The van der Waals surface area contributed by atoms with Gasteiger partial charge in [-0.05, 0) is 62.6 Å². The van der Waals surface area contributed by atoms with E-state index in [1.165, 1.54) is 39.8 Å². The van der Waals surface area contributed by atoms with Crippen LogP contribution in [0.15, 0.2) is 18.2 Å². The van der Waals surface area contributed by atoms with Gasteiger partial charge in [0.25, 0.3) is 0 Å². The molecule has 1 heterocycles. The number of amides is 1. The smallest absolute Gasteiger partial charge is 0.404 e. The summed E-state index contributed by atoms with van der Waals surface area (Å²) in [4.78, 5) is 12.3. The predicted octanol–water partition coefficient (Wildman–Crippen LogP) is 4.35. The van der Waals surface area contributed by atoms with Crippen molar-refractivity contribution in [3.8, 4) is 5.75 Å². The van der Waals surface area contributed by atoms with E-state index in [2.05, 4.69) is 23.5 Å². The van der Waals surface area contributed by atoms with Crippen molar-refractivity contribution in [3.63, 3.8) is 0 Å². The van der Waals surface area contributed by atoms with Gasteiger partial charge in [-0.15, -0.1) is 11.3 Å². The highest BCUT2D eigenvalue weighted by Gasteiger charge is 2.25. The van der Waals surface area contributed by atoms with E-state index >= 15 is 0 Å². The zero-order chi connectivity index (χ0) is 15.8. The van der Waals surface area contributed by atoms with Crippen LogP contribution in [0.3, 0.4) is 0 Å². The number of thiophene rings is 1. The number of ether oxygens (including phenoxy) is 1. The number of hydrogen-bond acceptors (Lipinski definition) is 3. The van der Waals surface area contributed by atoms with Crippen LogP contribution >= 0.6 is 11.3 Å². The first-order valence-electron chi connectivity index (χ1n) is 8.40. The molecule has 1 fully saturated rings. The molecule has 5 heteroatoms. The third-order valence-electron chi connectivity index (χ3n) is 4.99. The standard InChI is InChI=1S/C18H21NO3S/c20-18(21)19-11-7-9-12(10-8-11)22-14-4-2-6-16-17(14)13-3-1-5-15(13)23-16/h2,4,6,11-12,19H,1,3,5,7-10H2,(H,20,21). The molecule has 1 saturated carbocycles. The third-order valence-corrected chi connectivity index (χ3v) is 6.24. The molecule has 0 atom stereocenters. The van der Waals surface area contributed by atoms with Crippen LogP contribution in [0.25, 0.3) is 10.1 Å². The minimum Gasteiger partial charge on any atom is -0.490 e. The Morgan fingerprint density at radius 3 is 2.83 bits per heavy atom. The Kier molecular flexibility index (Phi) is 3.89. The molecule has 23 heavy (non-hydrogen) atoms. The number of nitrogens with one attached hydrogen (secondary N) is 1. The van der Waals surface area contributed by atoms with Crippen molar-refractivity contribution in [2.45, 2.75) is 57.1 Å². The fourth-order valence-electron chi connectivity index (χ4n) is 3.90. The van der Waals surface area contributed by atoms with Crippen molar-refractivity contribution in [2.24, 2.45) is 0 Å². The fourth-order valence-corrected chi connectivity index (χ4v) is 5.21. The lowest BCUT2D eigenvalue weighted by Crippen LogP contribution is -2.38. The van der Waals surface area contributed by atoms with Crippen LogP contribution in [-0.2, 0) is 12.8 Å². The molecule has 0 unspecified atom stereocenters. The molecule has 0 saturated heterocycles. The second kappa shape index (κ2) is 6.04. The summed E-state index contributed by atoms with van der Waals surface area (Å²) in [7, 11) is 0. The topological polar surface area (TPSA) is 58.6 Å². The van der Waals surface area contributed by atoms with Gasteiger partial charge in [0.2, 0.25) is 0 Å². The van der Waals surface area contributed by atoms with Gasteiger partial charge < -0.3 is 15.2 Å². The maximum Gasteiger partial charge on any atom is 0.404 e. The molecule has 4 rings (SSSR count). The van der Waals surface area contributed by atoms with Crippen LogP contribution in [0.5, 0.6) is 5.75 Å². The second-order valence-corrected chi connectivity index (χ2v) is 7.66. The zero-order valence-electron chi connectivity index (χ0n) is 13.0. The van der Waals surface area contributed by atoms with E-state index in [0.717, 1.165) is 31.4 Å². The highest BCUT2D eigenvalue weighted by molar-refractivity contribution is 7.19. The van der Waals surface area contributed by atoms with Gasteiger partial charge in [0.15, 0.2) is 0 Å². The van der Waals surface area contributed by atoms with Gasteiger partial charge >= 0.3 is 6.09 Å². The van der Waals surface area contributed by atoms with Gasteiger partial charge in [0.05, 0.1) is 6.10 Å². The SMILES string of the molecule is O=C(O)NC1CCC(Oc2cccc3sc4c(c23)CCC4)CC1. The van der Waals surface area contributed by atoms with Crippen molar-refractivity contribution in [3.05, 3.63) is 28.6 Å². The Hall–Kier alpha value is -1.75. The van der Waals surface area contributed by atoms with Crippen LogP contribution in [0, 0.1) is 0 Å². The van der Waals surface area contributed by atoms with Crippen molar-refractivity contribution in [2.75, 3.05) is 0 Å². The van der Waals surface area contributed by atoms with Crippen LogP contribution in [0.4, 0.5) is 4.79 Å². The van der Waals surface area contributed by atoms with E-state index < -0.39 is 6.09 Å². The molecule has 1 amide bonds. The van der Waals surface area contributed by atoms with E-state index in [1.54, 1.807) is 0 Å². The van der Waals surface area contributed by atoms with Gasteiger partial charge in [0, 0.05) is 21.0 Å². The number of rotatable bonds is 3. The summed E-state index contributed by atoms with van der Waals surface area (Å²) in [6, 6.07) is 6.45. The molecule has 2 aliphatic rings. The Balaban J connectivity index is 1.50. The quantitative estimate of drug-likeness (QED) is 0.879. The Labute approximate surface area is 139 Å². The third kappa shape index (κ3) is 2.90. The number of carboxylic acid groups (broad SMARTS) is 1. The highest BCUT2D eigenvalue weighted by Crippen LogP contribution is 2.42. The first-order chi connectivity index (χ1) is 11.2. The van der Waals surface area contributed by atoms with Crippen LogP contribution in [0.2, 0.25) is 0 Å². The predicted molar refractivity (Wildman–Crippen MR) is 91.7 cm³/mol. The van der Waals surface area contributed by atoms with Crippen molar-refractivity contribution >= 4 is 27.5 Å². The van der Waals surface area contributed by atoms with Gasteiger partial charge in [-0.1, -0.05) is 6.07 Å². The maximum absolute atomic E-state index is 10.7. The largest absolute Gasteiger partial charge is 0.490 e. The lowest BCUT2D eigenvalue weighted by atomic mass is 9.93. The van der Waals surface area contributed by atoms with E-state index in [9.17, 15) is 4.79 Å². The maximum atomic E-state index is 10.7. The normalized spacial score (nSPS) is 23.7. The van der Waals surface area contributed by atoms with Crippen LogP contribution in [0.1, 0.15) is 42.5 Å². The molecule has 2 N–H and O–H groups in total. The summed E-state index contributed by atoms with van der Waals surface area (Å²) in [6.45, 7) is 0. The van der Waals surface area contributed by atoms with Crippen molar-refractivity contribution < 1.29 is 14.6 Å². The Morgan fingerprint density at radius 1 is 1.22 bits per heavy atom. The van der Waals surface area contributed by atoms with Crippen molar-refractivity contribution in [1.29, 1.82) is 0 Å². The molecular weight excluding hydrogens is 310 g/mol. The average molecular weight is 331 g/mol. The molecule has 0 spiro atoms. The number of fused-ring (bicyclic) bond motifs is 3. The molecule has 1 aromatic carbocycles. The molecule has 0 aliphatic heterocycles. The molecule has 1 aromatic heterocycles. The van der Waals surface area contributed by atoms with E-state index in [0.29, 0.717) is 0 Å². The summed E-state index contributed by atoms with van der Waals surface area (Å²) in [5.74, 6) is 1.02. The van der Waals surface area contributed by atoms with Gasteiger partial charge in [0.1, 0.15) is 5.75 Å². The molecule has 122 valence electrons. The molecule has 0 radical (unpaired) electrons. The summed E-state index contributed by atoms with van der Waals surface area (Å²) in [5.41, 5.74) is 1.50. The average Bonchev–Trinajstić information content (AvgIpc) is 3.09. The first kappa shape index (κ1) is 14.8. The number of carbonyl (C=O) groups is 1. The minimum absolute atomic E-state index is 0.0773. The summed E-state index contributed by atoms with van der Waals surface area (Å²) < 4.78 is 7.68. The Bertz CT molecular complexity index is 731. The minimum atomic E-state index is -0.923. The number of hydrogen-bond donors (Lipinski definition) is 2. The van der Waals surface area contributed by atoms with Crippen LogP contribution in [-0.4, -0.2) is 23.3 Å². The fraction of sp³-hybridized carbons (Fsp3) is 0.500. The number of aryl methyl sites for hydroxylation is 2. The lowest BCUT2D eigenvalue weighted by Gasteiger charge is -2.29. The molecule has 0 bridgehead atoms. The zero-order valence-corrected chi connectivity index (χ0v) is 13.8. The summed E-state index contributed by atoms with van der Waals surface area (Å²) in [5, 5.41) is 12.7. The molecular formula is C18H21NO3S. The van der Waals surface area contributed by atoms with Gasteiger partial charge in [-0.3, -0.25) is 0 Å². The van der Waals surface area contributed by atoms with Gasteiger partial charge in [-0.25, -0.2) is 4.79 Å². The van der Waals surface area contributed by atoms with E-state index in [1.807, 2.05) is 11.3 Å². The van der Waals surface area contributed by atoms with Gasteiger partial charge in [-0.2, -0.15) is 0 Å². The molecule has 2 aromatic rings. The monoisotopic (exact) mass is 331 g/mol.